The number of carbonyl (C=O) groups excluding carboxylic acids is 3. The molecule has 0 N–H and O–H groups in total. The third-order valence-corrected chi connectivity index (χ3v) is 6.11. The molecule has 4 rings (SSSR count). The van der Waals surface area contributed by atoms with Crippen molar-refractivity contribution in [3.8, 4) is 6.07 Å². The van der Waals surface area contributed by atoms with E-state index in [-0.39, 0.29) is 24.3 Å². The standard InChI is InChI=1S/C25H26N4O3/c1-18-5-10-21-22(16-18)25(32)29(24(21)31)13-2-4-23(30)28-12-3-11-27(14-15-28)20-8-6-19(17-26)7-9-20/h5-10,16H,2-4,11-15H2,1H3. The summed E-state index contributed by atoms with van der Waals surface area (Å²) in [5, 5.41) is 8.96. The summed E-state index contributed by atoms with van der Waals surface area (Å²) in [6.45, 7) is 5.05. The Bertz CT molecular complexity index is 1090. The summed E-state index contributed by atoms with van der Waals surface area (Å²) in [7, 11) is 0. The molecular weight excluding hydrogens is 404 g/mol. The summed E-state index contributed by atoms with van der Waals surface area (Å²) >= 11 is 0. The maximum Gasteiger partial charge on any atom is 0.261 e. The second-order valence-corrected chi connectivity index (χ2v) is 8.29. The van der Waals surface area contributed by atoms with Gasteiger partial charge in [-0.15, -0.1) is 0 Å². The van der Waals surface area contributed by atoms with E-state index in [1.54, 1.807) is 12.1 Å². The molecular formula is C25H26N4O3. The lowest BCUT2D eigenvalue weighted by molar-refractivity contribution is -0.131. The normalized spacial score (nSPS) is 16.1. The first-order chi connectivity index (χ1) is 15.5. The van der Waals surface area contributed by atoms with Crippen LogP contribution < -0.4 is 4.90 Å². The van der Waals surface area contributed by atoms with Gasteiger partial charge in [0.25, 0.3) is 11.8 Å². The van der Waals surface area contributed by atoms with Crippen LogP contribution >= 0.6 is 0 Å². The molecule has 0 bridgehead atoms. The van der Waals surface area contributed by atoms with Crippen molar-refractivity contribution in [3.63, 3.8) is 0 Å². The zero-order valence-electron chi connectivity index (χ0n) is 18.2. The van der Waals surface area contributed by atoms with Crippen molar-refractivity contribution in [3.05, 3.63) is 64.7 Å². The molecule has 0 aromatic heterocycles. The summed E-state index contributed by atoms with van der Waals surface area (Å²) in [4.78, 5) is 43.2. The first-order valence-corrected chi connectivity index (χ1v) is 11.0. The summed E-state index contributed by atoms with van der Waals surface area (Å²) in [5.41, 5.74) is 3.53. The number of hydrogen-bond acceptors (Lipinski definition) is 5. The van der Waals surface area contributed by atoms with Gasteiger partial charge in [-0.25, -0.2) is 0 Å². The zero-order chi connectivity index (χ0) is 22.7. The van der Waals surface area contributed by atoms with Crippen LogP contribution in [0.25, 0.3) is 0 Å². The lowest BCUT2D eigenvalue weighted by atomic mass is 10.1. The Morgan fingerprint density at radius 3 is 2.47 bits per heavy atom. The maximum atomic E-state index is 12.8. The van der Waals surface area contributed by atoms with Crippen LogP contribution in [0, 0.1) is 18.3 Å². The van der Waals surface area contributed by atoms with Gasteiger partial charge in [0.15, 0.2) is 0 Å². The van der Waals surface area contributed by atoms with Gasteiger partial charge in [0.05, 0.1) is 22.8 Å². The van der Waals surface area contributed by atoms with Gasteiger partial charge in [0, 0.05) is 44.8 Å². The minimum Gasteiger partial charge on any atom is -0.370 e. The molecule has 0 unspecified atom stereocenters. The second-order valence-electron chi connectivity index (χ2n) is 8.29. The van der Waals surface area contributed by atoms with Crippen molar-refractivity contribution in [1.82, 2.24) is 9.80 Å². The lowest BCUT2D eigenvalue weighted by Crippen LogP contribution is -2.36. The topological polar surface area (TPSA) is 84.7 Å². The Labute approximate surface area is 187 Å². The molecule has 0 spiro atoms. The molecule has 7 heteroatoms. The van der Waals surface area contributed by atoms with Gasteiger partial charge < -0.3 is 9.80 Å². The number of aryl methyl sites for hydroxylation is 1. The number of hydrogen-bond donors (Lipinski definition) is 0. The molecule has 0 atom stereocenters. The Morgan fingerprint density at radius 1 is 0.969 bits per heavy atom. The third-order valence-electron chi connectivity index (χ3n) is 6.11. The van der Waals surface area contributed by atoms with Gasteiger partial charge in [-0.2, -0.15) is 5.26 Å². The Kier molecular flexibility index (Phi) is 6.22. The average Bonchev–Trinajstić information content (AvgIpc) is 2.97. The molecule has 2 aliphatic rings. The fraction of sp³-hybridized carbons (Fsp3) is 0.360. The minimum absolute atomic E-state index is 0.0548. The fourth-order valence-electron chi connectivity index (χ4n) is 4.33. The van der Waals surface area contributed by atoms with Crippen molar-refractivity contribution >= 4 is 23.4 Å². The molecule has 32 heavy (non-hydrogen) atoms. The van der Waals surface area contributed by atoms with Gasteiger partial charge >= 0.3 is 0 Å². The Morgan fingerprint density at radius 2 is 1.72 bits per heavy atom. The molecule has 0 aliphatic carbocycles. The summed E-state index contributed by atoms with van der Waals surface area (Å²) in [6.07, 6.45) is 1.63. The molecule has 0 saturated carbocycles. The van der Waals surface area contributed by atoms with Crippen LogP contribution in [0.2, 0.25) is 0 Å². The number of anilines is 1. The van der Waals surface area contributed by atoms with E-state index >= 15 is 0 Å². The maximum absolute atomic E-state index is 12.8. The van der Waals surface area contributed by atoms with Crippen molar-refractivity contribution in [1.29, 1.82) is 5.26 Å². The number of carbonyl (C=O) groups is 3. The van der Waals surface area contributed by atoms with E-state index in [4.69, 9.17) is 5.26 Å². The predicted octanol–water partition coefficient (Wildman–Crippen LogP) is 2.98. The molecule has 1 saturated heterocycles. The van der Waals surface area contributed by atoms with Crippen molar-refractivity contribution in [2.24, 2.45) is 0 Å². The highest BCUT2D eigenvalue weighted by Crippen LogP contribution is 2.24. The Balaban J connectivity index is 1.28. The third kappa shape index (κ3) is 4.35. The van der Waals surface area contributed by atoms with Crippen LogP contribution in [0.5, 0.6) is 0 Å². The van der Waals surface area contributed by atoms with Gasteiger partial charge in [0.1, 0.15) is 0 Å². The SMILES string of the molecule is Cc1ccc2c(c1)C(=O)N(CCCC(=O)N1CCCN(c3ccc(C#N)cc3)CC1)C2=O. The van der Waals surface area contributed by atoms with Gasteiger partial charge in [-0.3, -0.25) is 19.3 Å². The average molecular weight is 431 g/mol. The van der Waals surface area contributed by atoms with Crippen molar-refractivity contribution < 1.29 is 14.4 Å². The molecule has 0 radical (unpaired) electrons. The highest BCUT2D eigenvalue weighted by atomic mass is 16.2. The molecule has 7 nitrogen and oxygen atoms in total. The Hall–Kier alpha value is -3.66. The summed E-state index contributed by atoms with van der Waals surface area (Å²) < 4.78 is 0. The zero-order valence-corrected chi connectivity index (χ0v) is 18.2. The molecule has 2 aromatic carbocycles. The van der Waals surface area contributed by atoms with Crippen molar-refractivity contribution in [2.45, 2.75) is 26.2 Å². The van der Waals surface area contributed by atoms with Gasteiger partial charge in [0.2, 0.25) is 5.91 Å². The van der Waals surface area contributed by atoms with Crippen LogP contribution in [0.3, 0.4) is 0 Å². The number of rotatable bonds is 5. The largest absolute Gasteiger partial charge is 0.370 e. The number of benzene rings is 2. The predicted molar refractivity (Wildman–Crippen MR) is 120 cm³/mol. The molecule has 164 valence electrons. The van der Waals surface area contributed by atoms with Crippen LogP contribution in [0.4, 0.5) is 5.69 Å². The van der Waals surface area contributed by atoms with E-state index in [1.807, 2.05) is 42.2 Å². The monoisotopic (exact) mass is 430 g/mol. The smallest absolute Gasteiger partial charge is 0.261 e. The molecule has 3 amide bonds. The summed E-state index contributed by atoms with van der Waals surface area (Å²) in [5.74, 6) is -0.488. The van der Waals surface area contributed by atoms with Gasteiger partial charge in [-0.1, -0.05) is 11.6 Å². The lowest BCUT2D eigenvalue weighted by Gasteiger charge is -2.24. The minimum atomic E-state index is -0.273. The number of nitrogens with zero attached hydrogens (tertiary/aromatic N) is 4. The number of nitriles is 1. The first-order valence-electron chi connectivity index (χ1n) is 11.0. The molecule has 2 aromatic rings. The highest BCUT2D eigenvalue weighted by Gasteiger charge is 2.35. The van der Waals surface area contributed by atoms with Crippen LogP contribution in [0.15, 0.2) is 42.5 Å². The summed E-state index contributed by atoms with van der Waals surface area (Å²) in [6, 6.07) is 14.9. The van der Waals surface area contributed by atoms with Crippen LogP contribution in [-0.4, -0.2) is 60.2 Å². The van der Waals surface area contributed by atoms with E-state index < -0.39 is 0 Å². The van der Waals surface area contributed by atoms with E-state index in [0.29, 0.717) is 42.6 Å². The second kappa shape index (κ2) is 9.23. The molecule has 1 fully saturated rings. The van der Waals surface area contributed by atoms with Gasteiger partial charge in [-0.05, 0) is 56.2 Å². The molecule has 2 heterocycles. The van der Waals surface area contributed by atoms with E-state index in [1.165, 1.54) is 4.90 Å². The quantitative estimate of drug-likeness (QED) is 0.681. The van der Waals surface area contributed by atoms with Crippen LogP contribution in [0.1, 0.15) is 51.1 Å². The van der Waals surface area contributed by atoms with E-state index in [2.05, 4.69) is 11.0 Å². The highest BCUT2D eigenvalue weighted by molar-refractivity contribution is 6.21. The number of imide groups is 1. The number of fused-ring (bicyclic) bond motifs is 1. The van der Waals surface area contributed by atoms with Crippen LogP contribution in [-0.2, 0) is 4.79 Å². The molecule has 2 aliphatic heterocycles. The van der Waals surface area contributed by atoms with E-state index in [0.717, 1.165) is 30.8 Å². The fourth-order valence-corrected chi connectivity index (χ4v) is 4.33. The van der Waals surface area contributed by atoms with E-state index in [9.17, 15) is 14.4 Å². The van der Waals surface area contributed by atoms with Crippen molar-refractivity contribution in [2.75, 3.05) is 37.6 Å². The first kappa shape index (κ1) is 21.6. The number of amides is 3.